The van der Waals surface area contributed by atoms with Crippen LogP contribution in [-0.4, -0.2) is 10.8 Å². The van der Waals surface area contributed by atoms with Gasteiger partial charge >= 0.3 is 0 Å². The van der Waals surface area contributed by atoms with E-state index in [9.17, 15) is 14.9 Å². The fraction of sp³-hybridized carbons (Fsp3) is 0. The molecular formula is C15H11N3O4. The van der Waals surface area contributed by atoms with Gasteiger partial charge in [-0.15, -0.1) is 0 Å². The summed E-state index contributed by atoms with van der Waals surface area (Å²) < 4.78 is 5.35. The van der Waals surface area contributed by atoms with Crippen LogP contribution in [0.1, 0.15) is 10.6 Å². The molecule has 4 N–H and O–H groups in total. The van der Waals surface area contributed by atoms with Crippen molar-refractivity contribution in [1.29, 1.82) is 0 Å². The van der Waals surface area contributed by atoms with E-state index in [1.165, 1.54) is 6.07 Å². The number of rotatable bonds is 3. The number of hydrogen-bond donors (Lipinski definition) is 2. The number of amides is 1. The molecule has 3 rings (SSSR count). The minimum atomic E-state index is -0.763. The molecule has 1 amide bonds. The molecule has 0 fully saturated rings. The number of carbonyl (C=O) groups is 1. The number of nitro groups is 1. The largest absolute Gasteiger partial charge is 0.449 e. The minimum Gasteiger partial charge on any atom is -0.449 e. The molecule has 0 aliphatic carbocycles. The van der Waals surface area contributed by atoms with Crippen LogP contribution >= 0.6 is 0 Å². The first-order chi connectivity index (χ1) is 10.5. The Bertz CT molecular complexity index is 914. The number of fused-ring (bicyclic) bond motifs is 1. The quantitative estimate of drug-likeness (QED) is 0.567. The second-order valence-corrected chi connectivity index (χ2v) is 4.69. The fourth-order valence-corrected chi connectivity index (χ4v) is 2.34. The van der Waals surface area contributed by atoms with E-state index in [-0.39, 0.29) is 17.1 Å². The summed E-state index contributed by atoms with van der Waals surface area (Å²) in [6.45, 7) is 0. The molecule has 0 unspecified atom stereocenters. The van der Waals surface area contributed by atoms with E-state index in [1.54, 1.807) is 36.4 Å². The third kappa shape index (κ3) is 2.05. The monoisotopic (exact) mass is 297 g/mol. The Morgan fingerprint density at radius 2 is 1.91 bits per heavy atom. The number of nitrogens with zero attached hydrogens (tertiary/aromatic N) is 1. The summed E-state index contributed by atoms with van der Waals surface area (Å²) in [6, 6.07) is 11.3. The van der Waals surface area contributed by atoms with Crippen LogP contribution in [-0.2, 0) is 0 Å². The molecule has 0 aliphatic heterocycles. The molecule has 0 atom stereocenters. The summed E-state index contributed by atoms with van der Waals surface area (Å²) in [6.07, 6.45) is 0. The van der Waals surface area contributed by atoms with Crippen molar-refractivity contribution < 1.29 is 14.1 Å². The topological polar surface area (TPSA) is 125 Å². The number of furan rings is 1. The molecule has 1 heterocycles. The molecule has 0 aliphatic rings. The highest BCUT2D eigenvalue weighted by Crippen LogP contribution is 2.35. The smallest absolute Gasteiger partial charge is 0.286 e. The lowest BCUT2D eigenvalue weighted by atomic mass is 10.0. The van der Waals surface area contributed by atoms with Crippen LogP contribution in [0.5, 0.6) is 0 Å². The van der Waals surface area contributed by atoms with E-state index >= 15 is 0 Å². The lowest BCUT2D eigenvalue weighted by molar-refractivity contribution is -0.384. The number of primary amides is 1. The van der Waals surface area contributed by atoms with Gasteiger partial charge in [-0.2, -0.15) is 0 Å². The highest BCUT2D eigenvalue weighted by Gasteiger charge is 2.19. The number of hydrogen-bond acceptors (Lipinski definition) is 5. The Labute approximate surface area is 124 Å². The molecule has 0 radical (unpaired) electrons. The van der Waals surface area contributed by atoms with Gasteiger partial charge in [0.05, 0.1) is 16.2 Å². The third-order valence-corrected chi connectivity index (χ3v) is 3.36. The van der Waals surface area contributed by atoms with E-state index in [0.29, 0.717) is 22.1 Å². The van der Waals surface area contributed by atoms with Gasteiger partial charge in [0.15, 0.2) is 0 Å². The first-order valence-electron chi connectivity index (χ1n) is 6.34. The highest BCUT2D eigenvalue weighted by atomic mass is 16.6. The molecule has 0 saturated carbocycles. The molecule has 0 bridgehead atoms. The average molecular weight is 297 g/mol. The average Bonchev–Trinajstić information content (AvgIpc) is 2.84. The van der Waals surface area contributed by atoms with Crippen LogP contribution < -0.4 is 11.5 Å². The summed E-state index contributed by atoms with van der Waals surface area (Å²) in [5.74, 6) is -0.879. The zero-order valence-corrected chi connectivity index (χ0v) is 11.3. The van der Waals surface area contributed by atoms with Crippen molar-refractivity contribution in [3.63, 3.8) is 0 Å². The summed E-state index contributed by atoms with van der Waals surface area (Å²) in [4.78, 5) is 21.9. The van der Waals surface area contributed by atoms with Crippen LogP contribution in [0.2, 0.25) is 0 Å². The van der Waals surface area contributed by atoms with E-state index in [0.717, 1.165) is 0 Å². The minimum absolute atomic E-state index is 0.0171. The number of anilines is 1. The number of benzene rings is 2. The van der Waals surface area contributed by atoms with Gasteiger partial charge in [0, 0.05) is 11.5 Å². The number of nitrogen functional groups attached to an aromatic ring is 1. The van der Waals surface area contributed by atoms with Crippen LogP contribution in [0.15, 0.2) is 46.9 Å². The maximum Gasteiger partial charge on any atom is 0.286 e. The number of nitrogens with two attached hydrogens (primary N) is 2. The molecule has 2 aromatic carbocycles. The van der Waals surface area contributed by atoms with Crippen molar-refractivity contribution in [3.05, 3.63) is 58.3 Å². The molecule has 3 aromatic rings. The predicted octanol–water partition coefficient (Wildman–Crippen LogP) is 2.69. The van der Waals surface area contributed by atoms with Gasteiger partial charge in [0.25, 0.3) is 11.6 Å². The van der Waals surface area contributed by atoms with Gasteiger partial charge in [-0.05, 0) is 23.8 Å². The maximum absolute atomic E-state index is 11.2. The van der Waals surface area contributed by atoms with Gasteiger partial charge in [-0.25, -0.2) is 0 Å². The van der Waals surface area contributed by atoms with E-state index in [4.69, 9.17) is 15.9 Å². The lowest BCUT2D eigenvalue weighted by Gasteiger charge is -2.02. The molecule has 110 valence electrons. The van der Waals surface area contributed by atoms with E-state index < -0.39 is 10.8 Å². The van der Waals surface area contributed by atoms with E-state index in [1.807, 2.05) is 0 Å². The molecule has 7 heteroatoms. The maximum atomic E-state index is 11.2. The Kier molecular flexibility index (Phi) is 3.03. The van der Waals surface area contributed by atoms with Gasteiger partial charge < -0.3 is 15.9 Å². The van der Waals surface area contributed by atoms with Gasteiger partial charge in [0.1, 0.15) is 5.58 Å². The molecular weight excluding hydrogens is 286 g/mol. The van der Waals surface area contributed by atoms with Gasteiger partial charge in [0.2, 0.25) is 5.76 Å². The molecule has 0 spiro atoms. The van der Waals surface area contributed by atoms with Crippen molar-refractivity contribution in [2.75, 3.05) is 5.73 Å². The summed E-state index contributed by atoms with van der Waals surface area (Å²) in [5.41, 5.74) is 12.5. The van der Waals surface area contributed by atoms with Crippen LogP contribution in [0, 0.1) is 10.1 Å². The van der Waals surface area contributed by atoms with E-state index in [2.05, 4.69) is 0 Å². The molecule has 7 nitrogen and oxygen atoms in total. The summed E-state index contributed by atoms with van der Waals surface area (Å²) in [5, 5.41) is 11.6. The number of carbonyl (C=O) groups excluding carboxylic acids is 1. The van der Waals surface area contributed by atoms with Crippen LogP contribution in [0.4, 0.5) is 11.4 Å². The molecule has 0 saturated heterocycles. The third-order valence-electron chi connectivity index (χ3n) is 3.36. The fourth-order valence-electron chi connectivity index (χ4n) is 2.34. The second-order valence-electron chi connectivity index (χ2n) is 4.69. The Hall–Kier alpha value is -3.35. The van der Waals surface area contributed by atoms with Crippen molar-refractivity contribution in [2.45, 2.75) is 0 Å². The normalized spacial score (nSPS) is 10.7. The SMILES string of the molecule is NC(=O)c1oc2cc(-c3ccccc3[N+](=O)[O-])ccc2c1N. The number of para-hydroxylation sites is 1. The van der Waals surface area contributed by atoms with Gasteiger partial charge in [-0.1, -0.05) is 18.2 Å². The summed E-state index contributed by atoms with van der Waals surface area (Å²) in [7, 11) is 0. The summed E-state index contributed by atoms with van der Waals surface area (Å²) >= 11 is 0. The zero-order valence-electron chi connectivity index (χ0n) is 11.3. The predicted molar refractivity (Wildman–Crippen MR) is 81.2 cm³/mol. The Balaban J connectivity index is 2.22. The van der Waals surface area contributed by atoms with Crippen molar-refractivity contribution >= 4 is 28.3 Å². The standard InChI is InChI=1S/C15H11N3O4/c16-13-10-6-5-8(7-12(10)22-14(13)15(17)19)9-3-1-2-4-11(9)18(20)21/h1-7H,16H2,(H2,17,19). The molecule has 22 heavy (non-hydrogen) atoms. The Morgan fingerprint density at radius 1 is 1.18 bits per heavy atom. The number of nitro benzene ring substituents is 1. The highest BCUT2D eigenvalue weighted by molar-refractivity contribution is 6.05. The first kappa shape index (κ1) is 13.6. The molecule has 1 aromatic heterocycles. The first-order valence-corrected chi connectivity index (χ1v) is 6.34. The van der Waals surface area contributed by atoms with Crippen molar-refractivity contribution in [1.82, 2.24) is 0 Å². The lowest BCUT2D eigenvalue weighted by Crippen LogP contribution is -2.11. The van der Waals surface area contributed by atoms with Crippen molar-refractivity contribution in [2.24, 2.45) is 5.73 Å². The van der Waals surface area contributed by atoms with Crippen LogP contribution in [0.3, 0.4) is 0 Å². The van der Waals surface area contributed by atoms with Crippen molar-refractivity contribution in [3.8, 4) is 11.1 Å². The zero-order chi connectivity index (χ0) is 15.9. The van der Waals surface area contributed by atoms with Gasteiger partial charge in [-0.3, -0.25) is 14.9 Å². The Morgan fingerprint density at radius 3 is 2.59 bits per heavy atom. The van der Waals surface area contributed by atoms with Crippen LogP contribution in [0.25, 0.3) is 22.1 Å². The second kappa shape index (κ2) is 4.88.